The minimum atomic E-state index is -1.30. The number of fused-ring (bicyclic) bond motifs is 3. The number of carboxylic acid groups (broad SMARTS) is 1. The van der Waals surface area contributed by atoms with Crippen molar-refractivity contribution in [3.05, 3.63) is 59.7 Å². The van der Waals surface area contributed by atoms with Gasteiger partial charge in [-0.05, 0) is 54.9 Å². The van der Waals surface area contributed by atoms with Crippen LogP contribution < -0.4 is 5.32 Å². The monoisotopic (exact) mass is 480 g/mol. The Bertz CT molecular complexity index is 1100. The Hall–Kier alpha value is -3.00. The van der Waals surface area contributed by atoms with Crippen molar-refractivity contribution < 1.29 is 24.2 Å². The maximum atomic E-state index is 13.4. The number of hydrogen-bond donors (Lipinski definition) is 2. The van der Waals surface area contributed by atoms with Gasteiger partial charge in [0.1, 0.15) is 18.2 Å². The molecular formula is C26H28N2O5S. The van der Waals surface area contributed by atoms with Crippen LogP contribution in [-0.2, 0) is 14.3 Å². The molecule has 5 rings (SSSR count). The van der Waals surface area contributed by atoms with Crippen LogP contribution in [0.5, 0.6) is 0 Å². The molecule has 2 N–H and O–H groups in total. The van der Waals surface area contributed by atoms with E-state index in [1.165, 1.54) is 16.7 Å². The van der Waals surface area contributed by atoms with E-state index in [0.29, 0.717) is 11.7 Å². The van der Waals surface area contributed by atoms with Crippen LogP contribution in [0.25, 0.3) is 11.1 Å². The molecule has 1 saturated carbocycles. The number of ether oxygens (including phenoxy) is 1. The van der Waals surface area contributed by atoms with Gasteiger partial charge in [0.2, 0.25) is 5.91 Å². The average Bonchev–Trinajstić information content (AvgIpc) is 3.47. The predicted octanol–water partition coefficient (Wildman–Crippen LogP) is 4.07. The molecule has 2 fully saturated rings. The number of nitrogens with one attached hydrogen (secondary N) is 1. The molecule has 0 spiro atoms. The molecule has 1 heterocycles. The summed E-state index contributed by atoms with van der Waals surface area (Å²) in [5.74, 6) is -0.800. The zero-order valence-corrected chi connectivity index (χ0v) is 20.0. The zero-order chi connectivity index (χ0) is 24.0. The molecule has 7 nitrogen and oxygen atoms in total. The number of carboxylic acids is 1. The van der Waals surface area contributed by atoms with Gasteiger partial charge in [-0.2, -0.15) is 0 Å². The van der Waals surface area contributed by atoms with E-state index >= 15 is 0 Å². The van der Waals surface area contributed by atoms with E-state index in [2.05, 4.69) is 17.4 Å². The molecule has 2 unspecified atom stereocenters. The summed E-state index contributed by atoms with van der Waals surface area (Å²) < 4.78 is 5.61. The Balaban J connectivity index is 1.27. The molecule has 2 aromatic rings. The van der Waals surface area contributed by atoms with Crippen LogP contribution in [0.1, 0.15) is 43.7 Å². The summed E-state index contributed by atoms with van der Waals surface area (Å²) in [7, 11) is 0. The van der Waals surface area contributed by atoms with E-state index in [0.717, 1.165) is 35.1 Å². The zero-order valence-electron chi connectivity index (χ0n) is 19.2. The number of hydrogen-bond acceptors (Lipinski definition) is 5. The largest absolute Gasteiger partial charge is 0.480 e. The van der Waals surface area contributed by atoms with Crippen LogP contribution in [0.4, 0.5) is 4.79 Å². The summed E-state index contributed by atoms with van der Waals surface area (Å²) in [4.78, 5) is 39.5. The number of nitrogens with zero attached hydrogens (tertiary/aromatic N) is 1. The summed E-state index contributed by atoms with van der Waals surface area (Å²) in [6.45, 7) is 3.34. The van der Waals surface area contributed by atoms with E-state index in [1.807, 2.05) is 36.4 Å². The fraction of sp³-hybridized carbons (Fsp3) is 0.423. The number of amides is 2. The van der Waals surface area contributed by atoms with Gasteiger partial charge >= 0.3 is 12.1 Å². The van der Waals surface area contributed by atoms with Crippen LogP contribution in [0.2, 0.25) is 0 Å². The SMILES string of the molecule is CC(C)(NC(=O)OCC1c2ccccc2-c2ccccc21)C(=O)N1C(C(=O)O)CSC1C1CC1. The second kappa shape index (κ2) is 8.65. The minimum absolute atomic E-state index is 0.0809. The maximum absolute atomic E-state index is 13.4. The highest BCUT2D eigenvalue weighted by Crippen LogP contribution is 2.46. The molecular weight excluding hydrogens is 452 g/mol. The summed E-state index contributed by atoms with van der Waals surface area (Å²) >= 11 is 1.52. The van der Waals surface area contributed by atoms with E-state index in [-0.39, 0.29) is 17.9 Å². The van der Waals surface area contributed by atoms with Crippen LogP contribution in [0.15, 0.2) is 48.5 Å². The molecule has 2 amide bonds. The topological polar surface area (TPSA) is 95.9 Å². The molecule has 1 aliphatic heterocycles. The van der Waals surface area contributed by atoms with Crippen molar-refractivity contribution in [2.75, 3.05) is 12.4 Å². The molecule has 34 heavy (non-hydrogen) atoms. The van der Waals surface area contributed by atoms with Crippen LogP contribution in [0, 0.1) is 5.92 Å². The number of aliphatic carboxylic acids is 1. The second-order valence-electron chi connectivity index (χ2n) is 9.70. The fourth-order valence-corrected chi connectivity index (χ4v) is 6.62. The number of rotatable bonds is 6. The third-order valence-corrected chi connectivity index (χ3v) is 8.33. The highest BCUT2D eigenvalue weighted by Gasteiger charge is 2.51. The molecule has 0 radical (unpaired) electrons. The van der Waals surface area contributed by atoms with Crippen molar-refractivity contribution in [2.24, 2.45) is 5.92 Å². The molecule has 0 aromatic heterocycles. The Labute approximate surface area is 202 Å². The van der Waals surface area contributed by atoms with E-state index in [4.69, 9.17) is 4.74 Å². The maximum Gasteiger partial charge on any atom is 0.408 e. The summed E-state index contributed by atoms with van der Waals surface area (Å²) in [5.41, 5.74) is 3.20. The van der Waals surface area contributed by atoms with Crippen molar-refractivity contribution in [3.8, 4) is 11.1 Å². The number of alkyl carbamates (subject to hydrolysis) is 1. The highest BCUT2D eigenvalue weighted by molar-refractivity contribution is 8.00. The van der Waals surface area contributed by atoms with Gasteiger partial charge in [0.05, 0.1) is 5.37 Å². The first kappa shape index (κ1) is 22.8. The molecule has 2 aliphatic carbocycles. The molecule has 8 heteroatoms. The number of carbonyl (C=O) groups excluding carboxylic acids is 2. The average molecular weight is 481 g/mol. The molecule has 2 aromatic carbocycles. The summed E-state index contributed by atoms with van der Waals surface area (Å²) in [5, 5.41) is 12.2. The van der Waals surface area contributed by atoms with Crippen molar-refractivity contribution in [1.29, 1.82) is 0 Å². The summed E-state index contributed by atoms with van der Waals surface area (Å²) in [6.07, 6.45) is 1.30. The lowest BCUT2D eigenvalue weighted by Crippen LogP contribution is -2.60. The smallest absolute Gasteiger partial charge is 0.408 e. The molecule has 1 saturated heterocycles. The van der Waals surface area contributed by atoms with Crippen LogP contribution in [-0.4, -0.2) is 57.3 Å². The van der Waals surface area contributed by atoms with E-state index in [1.54, 1.807) is 13.8 Å². The van der Waals surface area contributed by atoms with Gasteiger partial charge in [0.25, 0.3) is 0 Å². The van der Waals surface area contributed by atoms with Gasteiger partial charge in [-0.25, -0.2) is 9.59 Å². The fourth-order valence-electron chi connectivity index (χ4n) is 4.99. The number of carbonyl (C=O) groups is 3. The highest BCUT2D eigenvalue weighted by atomic mass is 32.2. The third kappa shape index (κ3) is 4.04. The number of benzene rings is 2. The van der Waals surface area contributed by atoms with Crippen molar-refractivity contribution in [3.63, 3.8) is 0 Å². The van der Waals surface area contributed by atoms with Crippen molar-refractivity contribution in [1.82, 2.24) is 10.2 Å². The van der Waals surface area contributed by atoms with Gasteiger partial charge in [0, 0.05) is 11.7 Å². The standard InChI is InChI=1S/C26H28N2O5S/c1-26(2,24(31)28-21(23(29)30)14-34-22(28)15-11-12-15)27-25(32)33-13-20-18-9-5-3-7-16(18)17-8-4-6-10-19(17)20/h3-10,15,20-22H,11-14H2,1-2H3,(H,27,32)(H,29,30). The van der Waals surface area contributed by atoms with E-state index in [9.17, 15) is 19.5 Å². The second-order valence-corrected chi connectivity index (χ2v) is 10.9. The van der Waals surface area contributed by atoms with Gasteiger partial charge in [-0.3, -0.25) is 4.79 Å². The lowest BCUT2D eigenvalue weighted by Gasteiger charge is -2.35. The van der Waals surface area contributed by atoms with Crippen LogP contribution in [0.3, 0.4) is 0 Å². The first-order chi connectivity index (χ1) is 16.3. The molecule has 3 aliphatic rings. The molecule has 178 valence electrons. The molecule has 0 bridgehead atoms. The Kier molecular flexibility index (Phi) is 5.80. The van der Waals surface area contributed by atoms with Gasteiger partial charge in [-0.1, -0.05) is 48.5 Å². The Morgan fingerprint density at radius 1 is 1.06 bits per heavy atom. The minimum Gasteiger partial charge on any atom is -0.480 e. The molecule has 2 atom stereocenters. The lowest BCUT2D eigenvalue weighted by molar-refractivity contribution is -0.151. The Morgan fingerprint density at radius 2 is 1.65 bits per heavy atom. The first-order valence-corrected chi connectivity index (χ1v) is 12.6. The Morgan fingerprint density at radius 3 is 2.21 bits per heavy atom. The summed E-state index contributed by atoms with van der Waals surface area (Å²) in [6, 6.07) is 15.3. The quantitative estimate of drug-likeness (QED) is 0.647. The lowest BCUT2D eigenvalue weighted by atomic mass is 9.98. The van der Waals surface area contributed by atoms with Crippen molar-refractivity contribution >= 4 is 29.7 Å². The normalized spacial score (nSPS) is 21.6. The first-order valence-electron chi connectivity index (χ1n) is 11.6. The van der Waals surface area contributed by atoms with Gasteiger partial charge in [-0.15, -0.1) is 11.8 Å². The third-order valence-electron chi connectivity index (χ3n) is 6.87. The van der Waals surface area contributed by atoms with Gasteiger partial charge < -0.3 is 20.1 Å². The van der Waals surface area contributed by atoms with Crippen molar-refractivity contribution in [2.45, 2.75) is 49.6 Å². The predicted molar refractivity (Wildman–Crippen MR) is 130 cm³/mol. The van der Waals surface area contributed by atoms with Crippen LogP contribution >= 0.6 is 11.8 Å². The van der Waals surface area contributed by atoms with E-state index < -0.39 is 29.6 Å². The number of thioether (sulfide) groups is 1. The van der Waals surface area contributed by atoms with Gasteiger partial charge in [0.15, 0.2) is 0 Å².